The van der Waals surface area contributed by atoms with E-state index in [1.807, 2.05) is 47.3 Å². The van der Waals surface area contributed by atoms with Crippen molar-refractivity contribution in [2.24, 2.45) is 5.73 Å². The van der Waals surface area contributed by atoms with Crippen LogP contribution in [0.2, 0.25) is 5.02 Å². The van der Waals surface area contributed by atoms with Gasteiger partial charge in [0.05, 0.1) is 16.9 Å². The highest BCUT2D eigenvalue weighted by Gasteiger charge is 2.12. The summed E-state index contributed by atoms with van der Waals surface area (Å²) in [7, 11) is 0. The molecule has 2 N–H and O–H groups in total. The van der Waals surface area contributed by atoms with Crippen LogP contribution in [-0.4, -0.2) is 14.8 Å². The summed E-state index contributed by atoms with van der Waals surface area (Å²) in [5.74, 6) is 0. The van der Waals surface area contributed by atoms with E-state index in [9.17, 15) is 0 Å². The van der Waals surface area contributed by atoms with Crippen LogP contribution in [0.15, 0.2) is 61.2 Å². The standard InChI is InChI=1S/C16H15ClN4/c17-15-10-19-7-6-12(15)8-16(18)13-9-20-21(11-13)14-4-2-1-3-5-14/h1-7,9-11,16H,8,18H2. The maximum Gasteiger partial charge on any atom is 0.0645 e. The molecule has 0 radical (unpaired) electrons. The highest BCUT2D eigenvalue weighted by Crippen LogP contribution is 2.21. The van der Waals surface area contributed by atoms with Gasteiger partial charge < -0.3 is 5.73 Å². The number of rotatable bonds is 4. The predicted molar refractivity (Wildman–Crippen MR) is 83.4 cm³/mol. The number of hydrogen-bond donors (Lipinski definition) is 1. The van der Waals surface area contributed by atoms with Crippen LogP contribution in [-0.2, 0) is 6.42 Å². The Bertz CT molecular complexity index is 724. The highest BCUT2D eigenvalue weighted by molar-refractivity contribution is 6.31. The summed E-state index contributed by atoms with van der Waals surface area (Å²) >= 11 is 6.12. The van der Waals surface area contributed by atoms with Gasteiger partial charge in [0, 0.05) is 30.2 Å². The summed E-state index contributed by atoms with van der Waals surface area (Å²) in [4.78, 5) is 3.98. The molecular formula is C16H15ClN4. The molecule has 0 bridgehead atoms. The minimum atomic E-state index is -0.151. The fraction of sp³-hybridized carbons (Fsp3) is 0.125. The Labute approximate surface area is 128 Å². The van der Waals surface area contributed by atoms with E-state index in [4.69, 9.17) is 17.3 Å². The van der Waals surface area contributed by atoms with Crippen LogP contribution < -0.4 is 5.73 Å². The SMILES string of the molecule is NC(Cc1ccncc1Cl)c1cnn(-c2ccccc2)c1. The molecule has 3 rings (SSSR count). The summed E-state index contributed by atoms with van der Waals surface area (Å²) in [5.41, 5.74) is 9.24. The molecule has 1 unspecified atom stereocenters. The van der Waals surface area contributed by atoms with Crippen molar-refractivity contribution >= 4 is 11.6 Å². The van der Waals surface area contributed by atoms with Gasteiger partial charge in [0.2, 0.25) is 0 Å². The molecule has 0 aliphatic rings. The molecule has 0 aliphatic heterocycles. The monoisotopic (exact) mass is 298 g/mol. The van der Waals surface area contributed by atoms with Gasteiger partial charge in [-0.1, -0.05) is 29.8 Å². The molecule has 2 heterocycles. The Morgan fingerprint density at radius 3 is 2.71 bits per heavy atom. The molecule has 1 atom stereocenters. The highest BCUT2D eigenvalue weighted by atomic mass is 35.5. The molecular weight excluding hydrogens is 284 g/mol. The Morgan fingerprint density at radius 1 is 1.14 bits per heavy atom. The first kappa shape index (κ1) is 13.8. The van der Waals surface area contributed by atoms with Gasteiger partial charge in [-0.2, -0.15) is 5.10 Å². The lowest BCUT2D eigenvalue weighted by molar-refractivity contribution is 0.720. The maximum atomic E-state index is 6.25. The third-order valence-corrected chi connectivity index (χ3v) is 3.69. The number of halogens is 1. The second kappa shape index (κ2) is 6.08. The molecule has 5 heteroatoms. The third-order valence-electron chi connectivity index (χ3n) is 3.35. The lowest BCUT2D eigenvalue weighted by Crippen LogP contribution is -2.13. The second-order valence-corrected chi connectivity index (χ2v) is 5.24. The van der Waals surface area contributed by atoms with E-state index in [0.717, 1.165) is 16.8 Å². The molecule has 106 valence electrons. The first-order valence-electron chi connectivity index (χ1n) is 6.68. The van der Waals surface area contributed by atoms with Crippen molar-refractivity contribution in [1.29, 1.82) is 0 Å². The average molecular weight is 299 g/mol. The fourth-order valence-corrected chi connectivity index (χ4v) is 2.37. The summed E-state index contributed by atoms with van der Waals surface area (Å²) < 4.78 is 1.82. The van der Waals surface area contributed by atoms with Crippen LogP contribution in [0.4, 0.5) is 0 Å². The van der Waals surface area contributed by atoms with E-state index in [1.54, 1.807) is 18.6 Å². The van der Waals surface area contributed by atoms with Crippen LogP contribution in [0.3, 0.4) is 0 Å². The van der Waals surface area contributed by atoms with E-state index in [0.29, 0.717) is 11.4 Å². The Balaban J connectivity index is 1.79. The van der Waals surface area contributed by atoms with Crippen molar-refractivity contribution in [2.45, 2.75) is 12.5 Å². The molecule has 21 heavy (non-hydrogen) atoms. The molecule has 4 nitrogen and oxygen atoms in total. The zero-order valence-corrected chi connectivity index (χ0v) is 12.1. The molecule has 0 saturated heterocycles. The predicted octanol–water partition coefficient (Wildman–Crippen LogP) is 3.16. The quantitative estimate of drug-likeness (QED) is 0.805. The molecule has 0 fully saturated rings. The summed E-state index contributed by atoms with van der Waals surface area (Å²) in [5, 5.41) is 5.00. The summed E-state index contributed by atoms with van der Waals surface area (Å²) in [6.45, 7) is 0. The molecule has 0 amide bonds. The number of benzene rings is 1. The van der Waals surface area contributed by atoms with Crippen molar-refractivity contribution in [3.05, 3.63) is 77.3 Å². The Hall–Kier alpha value is -2.17. The van der Waals surface area contributed by atoms with Gasteiger partial charge >= 0.3 is 0 Å². The lowest BCUT2D eigenvalue weighted by atomic mass is 10.0. The minimum Gasteiger partial charge on any atom is -0.324 e. The van der Waals surface area contributed by atoms with Crippen LogP contribution >= 0.6 is 11.6 Å². The zero-order valence-electron chi connectivity index (χ0n) is 11.4. The van der Waals surface area contributed by atoms with Crippen molar-refractivity contribution in [3.8, 4) is 5.69 Å². The number of pyridine rings is 1. The third kappa shape index (κ3) is 3.12. The first-order chi connectivity index (χ1) is 10.2. The van der Waals surface area contributed by atoms with Gasteiger partial charge in [0.15, 0.2) is 0 Å². The Kier molecular flexibility index (Phi) is 3.99. The van der Waals surface area contributed by atoms with E-state index in [1.165, 1.54) is 0 Å². The zero-order chi connectivity index (χ0) is 14.7. The van der Waals surface area contributed by atoms with Gasteiger partial charge in [0.1, 0.15) is 0 Å². The summed E-state index contributed by atoms with van der Waals surface area (Å²) in [6, 6.07) is 11.7. The molecule has 0 spiro atoms. The number of para-hydroxylation sites is 1. The number of nitrogens with two attached hydrogens (primary N) is 1. The normalized spacial score (nSPS) is 12.3. The van der Waals surface area contributed by atoms with Gasteiger partial charge in [-0.05, 0) is 30.2 Å². The van der Waals surface area contributed by atoms with Crippen LogP contribution in [0, 0.1) is 0 Å². The van der Waals surface area contributed by atoms with E-state index < -0.39 is 0 Å². The molecule has 2 aromatic heterocycles. The number of hydrogen-bond acceptors (Lipinski definition) is 3. The fourth-order valence-electron chi connectivity index (χ4n) is 2.17. The molecule has 0 aliphatic carbocycles. The van der Waals surface area contributed by atoms with E-state index >= 15 is 0 Å². The van der Waals surface area contributed by atoms with Crippen molar-refractivity contribution < 1.29 is 0 Å². The van der Waals surface area contributed by atoms with E-state index in [-0.39, 0.29) is 6.04 Å². The molecule has 0 saturated carbocycles. The average Bonchev–Trinajstić information content (AvgIpc) is 3.00. The van der Waals surface area contributed by atoms with Crippen LogP contribution in [0.5, 0.6) is 0 Å². The van der Waals surface area contributed by atoms with Gasteiger partial charge in [0.25, 0.3) is 0 Å². The molecule has 1 aromatic carbocycles. The second-order valence-electron chi connectivity index (χ2n) is 4.83. The summed E-state index contributed by atoms with van der Waals surface area (Å²) in [6.07, 6.45) is 7.77. The van der Waals surface area contributed by atoms with Gasteiger partial charge in [-0.25, -0.2) is 4.68 Å². The van der Waals surface area contributed by atoms with E-state index in [2.05, 4.69) is 10.1 Å². The van der Waals surface area contributed by atoms with Gasteiger partial charge in [-0.3, -0.25) is 4.98 Å². The largest absolute Gasteiger partial charge is 0.324 e. The topological polar surface area (TPSA) is 56.7 Å². The first-order valence-corrected chi connectivity index (χ1v) is 7.06. The van der Waals surface area contributed by atoms with Crippen LogP contribution in [0.1, 0.15) is 17.2 Å². The van der Waals surface area contributed by atoms with Gasteiger partial charge in [-0.15, -0.1) is 0 Å². The smallest absolute Gasteiger partial charge is 0.0645 e. The number of nitrogens with zero attached hydrogens (tertiary/aromatic N) is 3. The van der Waals surface area contributed by atoms with Crippen molar-refractivity contribution in [2.75, 3.05) is 0 Å². The van der Waals surface area contributed by atoms with Crippen molar-refractivity contribution in [3.63, 3.8) is 0 Å². The maximum absolute atomic E-state index is 6.25. The molecule has 3 aromatic rings. The minimum absolute atomic E-state index is 0.151. The number of aromatic nitrogens is 3. The van der Waals surface area contributed by atoms with Crippen molar-refractivity contribution in [1.82, 2.24) is 14.8 Å². The van der Waals surface area contributed by atoms with Crippen LogP contribution in [0.25, 0.3) is 5.69 Å². The lowest BCUT2D eigenvalue weighted by Gasteiger charge is -2.10. The Morgan fingerprint density at radius 2 is 1.95 bits per heavy atom.